The third-order valence-corrected chi connectivity index (χ3v) is 6.08. The van der Waals surface area contributed by atoms with Gasteiger partial charge in [0.25, 0.3) is 0 Å². The first-order valence-electron chi connectivity index (χ1n) is 13.7. The van der Waals surface area contributed by atoms with Crippen LogP contribution in [0.5, 0.6) is 5.75 Å². The molecule has 0 radical (unpaired) electrons. The van der Waals surface area contributed by atoms with Crippen molar-refractivity contribution in [3.63, 3.8) is 0 Å². The molecule has 0 saturated carbocycles. The lowest BCUT2D eigenvalue weighted by Gasteiger charge is -2.18. The highest BCUT2D eigenvalue weighted by Crippen LogP contribution is 2.30. The molecule has 0 heterocycles. The zero-order chi connectivity index (χ0) is 27.0. The first-order valence-corrected chi connectivity index (χ1v) is 13.7. The van der Waals surface area contributed by atoms with Gasteiger partial charge in [-0.2, -0.15) is 0 Å². The van der Waals surface area contributed by atoms with Gasteiger partial charge in [-0.15, -0.1) is 0 Å². The van der Waals surface area contributed by atoms with Gasteiger partial charge >= 0.3 is 11.9 Å². The van der Waals surface area contributed by atoms with Crippen molar-refractivity contribution in [1.82, 2.24) is 0 Å². The minimum Gasteiger partial charge on any atom is -0.493 e. The van der Waals surface area contributed by atoms with E-state index >= 15 is 0 Å². The summed E-state index contributed by atoms with van der Waals surface area (Å²) in [6.45, 7) is 8.85. The largest absolute Gasteiger partial charge is 0.493 e. The lowest BCUT2D eigenvalue weighted by atomic mass is 9.93. The molecule has 2 aromatic rings. The molecule has 2 rings (SSSR count). The van der Waals surface area contributed by atoms with E-state index in [0.717, 1.165) is 51.4 Å². The Bertz CT molecular complexity index is 996. The van der Waals surface area contributed by atoms with Crippen LogP contribution in [0.3, 0.4) is 0 Å². The minimum atomic E-state index is -0.823. The Morgan fingerprint density at radius 3 is 2.08 bits per heavy atom. The first-order chi connectivity index (χ1) is 17.9. The summed E-state index contributed by atoms with van der Waals surface area (Å²) < 4.78 is 6.11. The van der Waals surface area contributed by atoms with Crippen molar-refractivity contribution in [2.45, 2.75) is 91.9 Å². The smallest absolute Gasteiger partial charge is 0.386 e. The van der Waals surface area contributed by atoms with Gasteiger partial charge in [0.05, 0.1) is 17.7 Å². The highest BCUT2D eigenvalue weighted by molar-refractivity contribution is 6.01. The summed E-state index contributed by atoms with van der Waals surface area (Å²) >= 11 is 0. The molecule has 0 spiro atoms. The fourth-order valence-electron chi connectivity index (χ4n) is 4.05. The molecule has 0 saturated heterocycles. The molecule has 0 atom stereocenters. The van der Waals surface area contributed by atoms with E-state index in [9.17, 15) is 14.4 Å². The van der Waals surface area contributed by atoms with Gasteiger partial charge in [-0.05, 0) is 49.4 Å². The van der Waals surface area contributed by atoms with Crippen LogP contribution in [0.1, 0.15) is 122 Å². The van der Waals surface area contributed by atoms with Crippen LogP contribution < -0.4 is 4.74 Å². The van der Waals surface area contributed by atoms with Gasteiger partial charge in [0.15, 0.2) is 5.78 Å². The zero-order valence-electron chi connectivity index (χ0n) is 22.8. The molecule has 0 aliphatic heterocycles. The van der Waals surface area contributed by atoms with Crippen LogP contribution in [0, 0.1) is 5.92 Å². The Labute approximate surface area is 221 Å². The summed E-state index contributed by atoms with van der Waals surface area (Å²) in [5, 5.41) is 0. The van der Waals surface area contributed by atoms with Gasteiger partial charge < -0.3 is 4.74 Å². The summed E-state index contributed by atoms with van der Waals surface area (Å²) in [5.74, 6) is -0.897. The molecule has 0 aliphatic rings. The van der Waals surface area contributed by atoms with E-state index in [1.54, 1.807) is 42.5 Å². The van der Waals surface area contributed by atoms with Gasteiger partial charge in [0.2, 0.25) is 0 Å². The molecule has 0 unspecified atom stereocenters. The van der Waals surface area contributed by atoms with Gasteiger partial charge in [-0.1, -0.05) is 84.4 Å². The average molecular weight is 511 g/mol. The maximum atomic E-state index is 13.2. The Morgan fingerprint density at radius 2 is 1.41 bits per heavy atom. The van der Waals surface area contributed by atoms with Gasteiger partial charge in [-0.25, -0.2) is 19.4 Å². The fraction of sp³-hybridized carbons (Fsp3) is 0.516. The maximum Gasteiger partial charge on any atom is 0.386 e. The van der Waals surface area contributed by atoms with E-state index in [0.29, 0.717) is 36.3 Å². The third kappa shape index (κ3) is 10.4. The van der Waals surface area contributed by atoms with Crippen LogP contribution in [0.4, 0.5) is 0 Å². The van der Waals surface area contributed by atoms with Crippen LogP contribution in [0.15, 0.2) is 42.5 Å². The van der Waals surface area contributed by atoms with Crippen LogP contribution in [0.25, 0.3) is 0 Å². The number of Topliss-reactive ketones (excluding diaryl/α,β-unsaturated/α-hetero) is 1. The number of hydrogen-bond donors (Lipinski definition) is 0. The van der Waals surface area contributed by atoms with Gasteiger partial charge in [0.1, 0.15) is 5.75 Å². The Hall–Kier alpha value is -3.15. The molecule has 0 aliphatic carbocycles. The number of unbranched alkanes of at least 4 members (excludes halogenated alkanes) is 6. The van der Waals surface area contributed by atoms with Crippen molar-refractivity contribution in [3.8, 4) is 5.75 Å². The van der Waals surface area contributed by atoms with Gasteiger partial charge in [0, 0.05) is 17.5 Å². The molecule has 0 amide bonds. The second-order valence-corrected chi connectivity index (χ2v) is 9.85. The number of benzene rings is 2. The Kier molecular flexibility index (Phi) is 13.5. The first kappa shape index (κ1) is 30.1. The molecule has 2 aromatic carbocycles. The van der Waals surface area contributed by atoms with E-state index < -0.39 is 11.9 Å². The molecule has 6 nitrogen and oxygen atoms in total. The number of hydrogen-bond acceptors (Lipinski definition) is 6. The maximum absolute atomic E-state index is 13.2. The molecule has 6 heteroatoms. The third-order valence-electron chi connectivity index (χ3n) is 6.08. The van der Waals surface area contributed by atoms with Crippen molar-refractivity contribution in [1.29, 1.82) is 0 Å². The predicted molar refractivity (Wildman–Crippen MR) is 145 cm³/mol. The van der Waals surface area contributed by atoms with Crippen LogP contribution >= 0.6 is 0 Å². The normalized spacial score (nSPS) is 10.8. The number of carbonyl (C=O) groups is 3. The molecular formula is C31H42O6. The molecule has 0 N–H and O–H groups in total. The van der Waals surface area contributed by atoms with E-state index in [2.05, 4.69) is 13.8 Å². The summed E-state index contributed by atoms with van der Waals surface area (Å²) in [7, 11) is 0. The average Bonchev–Trinajstić information content (AvgIpc) is 2.90. The molecular weight excluding hydrogens is 468 g/mol. The van der Waals surface area contributed by atoms with Crippen molar-refractivity contribution in [2.75, 3.05) is 6.61 Å². The molecule has 202 valence electrons. The van der Waals surface area contributed by atoms with Crippen molar-refractivity contribution < 1.29 is 28.9 Å². The lowest BCUT2D eigenvalue weighted by Crippen LogP contribution is -2.16. The van der Waals surface area contributed by atoms with Crippen LogP contribution in [-0.2, 0) is 16.2 Å². The topological polar surface area (TPSA) is 78.9 Å². The monoisotopic (exact) mass is 510 g/mol. The van der Waals surface area contributed by atoms with Gasteiger partial charge in [-0.3, -0.25) is 4.79 Å². The SMILES string of the molecule is CCCCCCCC(=O)c1cc(OCCCCC)c(CC(C)C)c(C(=O)OOC(=O)c2ccccc2)c1. The number of rotatable bonds is 16. The van der Waals surface area contributed by atoms with E-state index in [1.807, 2.05) is 13.8 Å². The summed E-state index contributed by atoms with van der Waals surface area (Å²) in [6, 6.07) is 11.6. The van der Waals surface area contributed by atoms with Crippen LogP contribution in [-0.4, -0.2) is 24.3 Å². The van der Waals surface area contributed by atoms with Crippen molar-refractivity contribution in [2.24, 2.45) is 5.92 Å². The van der Waals surface area contributed by atoms with E-state index in [-0.39, 0.29) is 22.8 Å². The molecule has 0 bridgehead atoms. The summed E-state index contributed by atoms with van der Waals surface area (Å²) in [5.41, 5.74) is 1.53. The molecule has 37 heavy (non-hydrogen) atoms. The standard InChI is InChI=1S/C31H42O6/c1-5-7-9-10-14-18-28(32)25-21-27(31(34)37-36-30(33)24-16-12-11-13-17-24)26(20-23(3)4)29(22-25)35-19-15-8-6-2/h11-13,16-17,21-23H,5-10,14-15,18-20H2,1-4H3. The van der Waals surface area contributed by atoms with E-state index in [1.165, 1.54) is 0 Å². The quantitative estimate of drug-likeness (QED) is 0.0987. The highest BCUT2D eigenvalue weighted by atomic mass is 17.2. The molecule has 0 fully saturated rings. The Morgan fingerprint density at radius 1 is 0.757 bits per heavy atom. The fourth-order valence-corrected chi connectivity index (χ4v) is 4.05. The van der Waals surface area contributed by atoms with Crippen LogP contribution in [0.2, 0.25) is 0 Å². The molecule has 0 aromatic heterocycles. The second-order valence-electron chi connectivity index (χ2n) is 9.85. The summed E-state index contributed by atoms with van der Waals surface area (Å²) in [6.07, 6.45) is 9.11. The second kappa shape index (κ2) is 16.6. The van der Waals surface area contributed by atoms with Crippen molar-refractivity contribution in [3.05, 3.63) is 64.7 Å². The number of ether oxygens (including phenoxy) is 1. The number of ketones is 1. The Balaban J connectivity index is 2.30. The zero-order valence-corrected chi connectivity index (χ0v) is 22.8. The minimum absolute atomic E-state index is 0.0404. The highest BCUT2D eigenvalue weighted by Gasteiger charge is 2.24. The van der Waals surface area contributed by atoms with Crippen molar-refractivity contribution >= 4 is 17.7 Å². The summed E-state index contributed by atoms with van der Waals surface area (Å²) in [4.78, 5) is 48.3. The lowest BCUT2D eigenvalue weighted by molar-refractivity contribution is -0.187. The predicted octanol–water partition coefficient (Wildman–Crippen LogP) is 7.93. The van der Waals surface area contributed by atoms with E-state index in [4.69, 9.17) is 14.5 Å². The number of carbonyl (C=O) groups excluding carboxylic acids is 3.